The molecule has 0 spiro atoms. The number of nitrogens with zero attached hydrogens (tertiary/aromatic N) is 1. The Morgan fingerprint density at radius 3 is 2.32 bits per heavy atom. The van der Waals surface area contributed by atoms with Gasteiger partial charge in [-0.3, -0.25) is 0 Å². The minimum atomic E-state index is -0.781. The van der Waals surface area contributed by atoms with Crippen LogP contribution in [0.4, 0.5) is 0 Å². The molecule has 19 heavy (non-hydrogen) atoms. The van der Waals surface area contributed by atoms with Crippen LogP contribution < -0.4 is 21.5 Å². The molecular weight excluding hydrogens is 349 g/mol. The van der Waals surface area contributed by atoms with E-state index in [0.717, 1.165) is 12.1 Å². The van der Waals surface area contributed by atoms with Crippen molar-refractivity contribution in [2.75, 3.05) is 6.54 Å². The molecule has 0 saturated carbocycles. The van der Waals surface area contributed by atoms with Gasteiger partial charge in [-0.15, -0.1) is 0 Å². The van der Waals surface area contributed by atoms with Crippen molar-refractivity contribution in [3.8, 4) is 0 Å². The summed E-state index contributed by atoms with van der Waals surface area (Å²) in [5.41, 5.74) is 1.42. The number of benzene rings is 1. The summed E-state index contributed by atoms with van der Waals surface area (Å²) in [4.78, 5) is 0. The quantitative estimate of drug-likeness (QED) is 0.431. The first-order chi connectivity index (χ1) is 8.90. The van der Waals surface area contributed by atoms with Crippen LogP contribution in [0.5, 0.6) is 0 Å². The van der Waals surface area contributed by atoms with E-state index in [0.29, 0.717) is 6.04 Å². The first kappa shape index (κ1) is 16.4. The van der Waals surface area contributed by atoms with Gasteiger partial charge < -0.3 is 0 Å². The third-order valence-electron chi connectivity index (χ3n) is 3.02. The summed E-state index contributed by atoms with van der Waals surface area (Å²) >= 11 is -0.165. The average Bonchev–Trinajstić information content (AvgIpc) is 2.37. The van der Waals surface area contributed by atoms with Crippen molar-refractivity contribution in [1.29, 1.82) is 0 Å². The van der Waals surface area contributed by atoms with Crippen molar-refractivity contribution in [2.24, 2.45) is 0 Å². The fourth-order valence-electron chi connectivity index (χ4n) is 1.83. The Hall–Kier alpha value is -0.650. The summed E-state index contributed by atoms with van der Waals surface area (Å²) in [5.74, 6) is 0. The van der Waals surface area contributed by atoms with E-state index in [2.05, 4.69) is 35.3 Å². The van der Waals surface area contributed by atoms with Crippen molar-refractivity contribution < 1.29 is 26.6 Å². The standard InChI is InChI=1S/C16H23INO/c1-6-12-18(17-7-2)13(3)14-8-10-15(11-9-14)16(4,5)19/h6-11,13,19H,1-2,12H2,3-5H3/q-1. The van der Waals surface area contributed by atoms with Gasteiger partial charge in [-0.1, -0.05) is 0 Å². The molecule has 106 valence electrons. The van der Waals surface area contributed by atoms with E-state index in [1.54, 1.807) is 13.8 Å². The summed E-state index contributed by atoms with van der Waals surface area (Å²) in [5, 5.41) is 9.96. The van der Waals surface area contributed by atoms with Gasteiger partial charge in [0.1, 0.15) is 0 Å². The Bertz CT molecular complexity index is 409. The number of aliphatic hydroxyl groups is 1. The molecule has 0 aromatic heterocycles. The Morgan fingerprint density at radius 1 is 1.32 bits per heavy atom. The van der Waals surface area contributed by atoms with Crippen LogP contribution in [0.15, 0.2) is 47.6 Å². The number of rotatable bonds is 7. The maximum atomic E-state index is 9.96. The van der Waals surface area contributed by atoms with E-state index in [4.69, 9.17) is 0 Å². The van der Waals surface area contributed by atoms with Crippen molar-refractivity contribution in [3.63, 3.8) is 0 Å². The Balaban J connectivity index is 2.89. The zero-order chi connectivity index (χ0) is 14.5. The molecule has 3 heteroatoms. The number of hydrogen-bond acceptors (Lipinski definition) is 2. The first-order valence-corrected chi connectivity index (χ1v) is 8.56. The van der Waals surface area contributed by atoms with Gasteiger partial charge in [0, 0.05) is 0 Å². The molecule has 0 fully saturated rings. The maximum absolute atomic E-state index is 9.96. The molecule has 0 amide bonds. The fraction of sp³-hybridized carbons (Fsp3) is 0.375. The topological polar surface area (TPSA) is 23.5 Å². The van der Waals surface area contributed by atoms with Crippen molar-refractivity contribution in [2.45, 2.75) is 32.4 Å². The average molecular weight is 372 g/mol. The van der Waals surface area contributed by atoms with E-state index >= 15 is 0 Å². The van der Waals surface area contributed by atoms with Crippen LogP contribution >= 0.6 is 0 Å². The van der Waals surface area contributed by atoms with Crippen LogP contribution in [-0.4, -0.2) is 14.8 Å². The second-order valence-corrected chi connectivity index (χ2v) is 7.66. The first-order valence-electron chi connectivity index (χ1n) is 6.35. The Labute approximate surface area is 127 Å². The summed E-state index contributed by atoms with van der Waals surface area (Å²) in [7, 11) is 0. The third-order valence-corrected chi connectivity index (χ3v) is 5.36. The van der Waals surface area contributed by atoms with Crippen molar-refractivity contribution in [3.05, 3.63) is 58.7 Å². The van der Waals surface area contributed by atoms with Crippen LogP contribution in [0.1, 0.15) is 37.9 Å². The molecule has 1 aromatic rings. The van der Waals surface area contributed by atoms with E-state index in [-0.39, 0.29) is 21.5 Å². The van der Waals surface area contributed by atoms with Crippen LogP contribution in [0.25, 0.3) is 0 Å². The van der Waals surface area contributed by atoms with Gasteiger partial charge in [-0.05, 0) is 0 Å². The zero-order valence-electron chi connectivity index (χ0n) is 11.9. The molecule has 0 bridgehead atoms. The van der Waals surface area contributed by atoms with E-state index in [9.17, 15) is 5.11 Å². The van der Waals surface area contributed by atoms with Crippen molar-refractivity contribution >= 4 is 0 Å². The second-order valence-electron chi connectivity index (χ2n) is 4.98. The monoisotopic (exact) mass is 372 g/mol. The predicted octanol–water partition coefficient (Wildman–Crippen LogP) is 0.611. The van der Waals surface area contributed by atoms with Gasteiger partial charge in [-0.2, -0.15) is 0 Å². The third kappa shape index (κ3) is 4.75. The Morgan fingerprint density at radius 2 is 1.89 bits per heavy atom. The summed E-state index contributed by atoms with van der Waals surface area (Å²) in [6, 6.07) is 8.55. The molecule has 2 nitrogen and oxygen atoms in total. The van der Waals surface area contributed by atoms with Gasteiger partial charge in [0.2, 0.25) is 0 Å². The molecule has 0 radical (unpaired) electrons. The molecule has 1 rings (SSSR count). The molecule has 1 unspecified atom stereocenters. The van der Waals surface area contributed by atoms with Crippen molar-refractivity contribution in [1.82, 2.24) is 3.11 Å². The van der Waals surface area contributed by atoms with Crippen LogP contribution in [0, 0.1) is 0 Å². The second kappa shape index (κ2) is 7.22. The molecule has 1 aromatic carbocycles. The van der Waals surface area contributed by atoms with Crippen LogP contribution in [0.2, 0.25) is 0 Å². The molecule has 0 saturated heterocycles. The van der Waals surface area contributed by atoms with Gasteiger partial charge in [-0.25, -0.2) is 0 Å². The fourth-order valence-corrected chi connectivity index (χ4v) is 3.64. The zero-order valence-corrected chi connectivity index (χ0v) is 14.1. The Kier molecular flexibility index (Phi) is 6.23. The summed E-state index contributed by atoms with van der Waals surface area (Å²) in [6.45, 7) is 14.4. The van der Waals surface area contributed by atoms with Crippen LogP contribution in [0.3, 0.4) is 0 Å². The predicted molar refractivity (Wildman–Crippen MR) is 77.2 cm³/mol. The molecule has 0 aliphatic carbocycles. The van der Waals surface area contributed by atoms with E-state index in [1.165, 1.54) is 5.56 Å². The van der Waals surface area contributed by atoms with Gasteiger partial charge in [0.15, 0.2) is 0 Å². The molecule has 1 N–H and O–H groups in total. The molecule has 0 aliphatic heterocycles. The summed E-state index contributed by atoms with van der Waals surface area (Å²) < 4.78 is 4.42. The number of hydrogen-bond donors (Lipinski definition) is 1. The minimum absolute atomic E-state index is 0.165. The van der Waals surface area contributed by atoms with E-state index in [1.807, 2.05) is 22.3 Å². The van der Waals surface area contributed by atoms with E-state index < -0.39 is 5.60 Å². The SMILES string of the molecule is C=CCN([I-]C=C)C(C)c1ccc(C(C)(C)O)cc1. The molecule has 0 aliphatic rings. The van der Waals surface area contributed by atoms with Gasteiger partial charge in [0.05, 0.1) is 0 Å². The molecular formula is C16H23INO-. The molecule has 0 heterocycles. The normalized spacial score (nSPS) is 13.5. The summed E-state index contributed by atoms with van der Waals surface area (Å²) in [6.07, 6.45) is 1.94. The van der Waals surface area contributed by atoms with Gasteiger partial charge >= 0.3 is 127 Å². The molecule has 1 atom stereocenters. The number of halogens is 1. The van der Waals surface area contributed by atoms with Gasteiger partial charge in [0.25, 0.3) is 0 Å². The van der Waals surface area contributed by atoms with Crippen LogP contribution in [-0.2, 0) is 5.60 Å².